The van der Waals surface area contributed by atoms with Gasteiger partial charge in [-0.15, -0.1) is 0 Å². The van der Waals surface area contributed by atoms with Crippen LogP contribution in [0, 0.1) is 6.92 Å². The fourth-order valence-electron chi connectivity index (χ4n) is 2.84. The number of hydrogen-bond acceptors (Lipinski definition) is 4. The average Bonchev–Trinajstić information content (AvgIpc) is 2.84. The predicted octanol–water partition coefficient (Wildman–Crippen LogP) is 3.57. The third kappa shape index (κ3) is 3.06. The van der Waals surface area contributed by atoms with Gasteiger partial charge in [0.25, 0.3) is 0 Å². The van der Waals surface area contributed by atoms with Gasteiger partial charge in [0, 0.05) is 25.0 Å². The summed E-state index contributed by atoms with van der Waals surface area (Å²) in [5.41, 5.74) is 1.94. The second-order valence-corrected chi connectivity index (χ2v) is 5.52. The lowest BCUT2D eigenvalue weighted by Crippen LogP contribution is -2.25. The van der Waals surface area contributed by atoms with Gasteiger partial charge in [0.2, 0.25) is 0 Å². The van der Waals surface area contributed by atoms with Gasteiger partial charge in [0.05, 0.1) is 12.0 Å². The Kier molecular flexibility index (Phi) is 4.46. The molecule has 2 heterocycles. The van der Waals surface area contributed by atoms with Crippen molar-refractivity contribution in [2.75, 3.05) is 13.2 Å². The van der Waals surface area contributed by atoms with Gasteiger partial charge in [-0.2, -0.15) is 0 Å². The monoisotopic (exact) mass is 290 g/mol. The van der Waals surface area contributed by atoms with Gasteiger partial charge >= 0.3 is 0 Å². The van der Waals surface area contributed by atoms with Crippen LogP contribution in [0.5, 0.6) is 5.75 Å². The summed E-state index contributed by atoms with van der Waals surface area (Å²) in [6, 6.07) is 5.87. The maximum atomic E-state index is 8.98. The van der Waals surface area contributed by atoms with Crippen molar-refractivity contribution >= 4 is 11.0 Å². The van der Waals surface area contributed by atoms with E-state index in [-0.39, 0.29) is 12.9 Å². The number of rotatable bonds is 5. The molecule has 4 nitrogen and oxygen atoms in total. The number of ether oxygens (including phenoxy) is 2. The van der Waals surface area contributed by atoms with E-state index in [4.69, 9.17) is 19.0 Å². The normalized spacial score (nSPS) is 19.0. The van der Waals surface area contributed by atoms with Crippen molar-refractivity contribution < 1.29 is 19.0 Å². The first-order valence-electron chi connectivity index (χ1n) is 7.69. The highest BCUT2D eigenvalue weighted by atomic mass is 16.7. The minimum atomic E-state index is -0.153. The number of aliphatic hydroxyl groups is 1. The van der Waals surface area contributed by atoms with Crippen LogP contribution < -0.4 is 4.74 Å². The molecule has 0 spiro atoms. The van der Waals surface area contributed by atoms with Crippen LogP contribution in [0.15, 0.2) is 22.6 Å². The van der Waals surface area contributed by atoms with E-state index < -0.39 is 0 Å². The Balaban J connectivity index is 1.89. The quantitative estimate of drug-likeness (QED) is 0.914. The first-order chi connectivity index (χ1) is 10.3. The van der Waals surface area contributed by atoms with E-state index in [0.29, 0.717) is 6.42 Å². The zero-order valence-electron chi connectivity index (χ0n) is 12.4. The highest BCUT2D eigenvalue weighted by Crippen LogP contribution is 2.35. The van der Waals surface area contributed by atoms with Gasteiger partial charge in [-0.05, 0) is 38.3 Å². The van der Waals surface area contributed by atoms with Crippen LogP contribution in [0.2, 0.25) is 0 Å². The Hall–Kier alpha value is -1.52. The Labute approximate surface area is 124 Å². The Morgan fingerprint density at radius 1 is 1.33 bits per heavy atom. The smallest absolute Gasteiger partial charge is 0.199 e. The lowest BCUT2D eigenvalue weighted by atomic mass is 10.1. The molecule has 21 heavy (non-hydrogen) atoms. The highest BCUT2D eigenvalue weighted by molar-refractivity contribution is 5.88. The molecule has 1 aliphatic rings. The molecule has 1 unspecified atom stereocenters. The number of furan rings is 1. The summed E-state index contributed by atoms with van der Waals surface area (Å²) in [5.74, 6) is 1.76. The first-order valence-corrected chi connectivity index (χ1v) is 7.69. The van der Waals surface area contributed by atoms with Crippen molar-refractivity contribution in [1.29, 1.82) is 0 Å². The molecule has 0 saturated carbocycles. The molecule has 0 amide bonds. The van der Waals surface area contributed by atoms with Crippen LogP contribution in [0.1, 0.15) is 37.0 Å². The van der Waals surface area contributed by atoms with E-state index in [0.717, 1.165) is 60.3 Å². The minimum absolute atomic E-state index is 0.153. The topological polar surface area (TPSA) is 51.8 Å². The van der Waals surface area contributed by atoms with Crippen molar-refractivity contribution in [3.63, 3.8) is 0 Å². The van der Waals surface area contributed by atoms with Crippen molar-refractivity contribution in [3.05, 3.63) is 29.5 Å². The highest BCUT2D eigenvalue weighted by Gasteiger charge is 2.19. The third-order valence-corrected chi connectivity index (χ3v) is 3.97. The van der Waals surface area contributed by atoms with Crippen LogP contribution >= 0.6 is 0 Å². The minimum Gasteiger partial charge on any atom is -0.464 e. The number of benzene rings is 1. The number of fused-ring (bicyclic) bond motifs is 1. The molecule has 2 aromatic rings. The lowest BCUT2D eigenvalue weighted by Gasteiger charge is -2.23. The van der Waals surface area contributed by atoms with Gasteiger partial charge in [-0.25, -0.2) is 0 Å². The second kappa shape index (κ2) is 6.50. The largest absolute Gasteiger partial charge is 0.464 e. The molecule has 0 bridgehead atoms. The van der Waals surface area contributed by atoms with E-state index in [9.17, 15) is 0 Å². The van der Waals surface area contributed by atoms with Crippen LogP contribution in [0.4, 0.5) is 0 Å². The average molecular weight is 290 g/mol. The standard InChI is InChI=1S/C17H22O4/c1-12-13(8-5-10-18)20-14-6-4-7-15(17(12)14)21-16-9-2-3-11-19-16/h4,6-7,16,18H,2-3,5,8-11H2,1H3. The van der Waals surface area contributed by atoms with Gasteiger partial charge in [0.1, 0.15) is 17.1 Å². The van der Waals surface area contributed by atoms with Crippen molar-refractivity contribution in [2.24, 2.45) is 0 Å². The maximum absolute atomic E-state index is 8.98. The predicted molar refractivity (Wildman–Crippen MR) is 80.6 cm³/mol. The molecular weight excluding hydrogens is 268 g/mol. The number of aliphatic hydroxyl groups excluding tert-OH is 1. The van der Waals surface area contributed by atoms with E-state index in [1.807, 2.05) is 25.1 Å². The van der Waals surface area contributed by atoms with Crippen LogP contribution in [0.3, 0.4) is 0 Å². The molecule has 1 aromatic carbocycles. The van der Waals surface area contributed by atoms with Gasteiger partial charge in [0.15, 0.2) is 6.29 Å². The zero-order chi connectivity index (χ0) is 14.7. The molecule has 0 radical (unpaired) electrons. The van der Waals surface area contributed by atoms with Crippen molar-refractivity contribution in [3.8, 4) is 5.75 Å². The molecule has 1 saturated heterocycles. The van der Waals surface area contributed by atoms with Crippen LogP contribution in [0.25, 0.3) is 11.0 Å². The number of hydrogen-bond donors (Lipinski definition) is 1. The summed E-state index contributed by atoms with van der Waals surface area (Å²) >= 11 is 0. The van der Waals surface area contributed by atoms with E-state index in [1.165, 1.54) is 0 Å². The number of aryl methyl sites for hydroxylation is 2. The molecule has 4 heteroatoms. The molecule has 1 aromatic heterocycles. The Morgan fingerprint density at radius 2 is 2.24 bits per heavy atom. The van der Waals surface area contributed by atoms with Gasteiger partial charge < -0.3 is 19.0 Å². The fraction of sp³-hybridized carbons (Fsp3) is 0.529. The molecule has 1 aliphatic heterocycles. The van der Waals surface area contributed by atoms with Crippen molar-refractivity contribution in [2.45, 2.75) is 45.3 Å². The van der Waals surface area contributed by atoms with E-state index in [1.54, 1.807) is 0 Å². The summed E-state index contributed by atoms with van der Waals surface area (Å²) in [6.07, 6.45) is 4.50. The summed E-state index contributed by atoms with van der Waals surface area (Å²) in [4.78, 5) is 0. The Morgan fingerprint density at radius 3 is 3.00 bits per heavy atom. The SMILES string of the molecule is Cc1c(CCCO)oc2cccc(OC3CCCCO3)c12. The Bertz CT molecular complexity index is 596. The molecule has 114 valence electrons. The summed E-state index contributed by atoms with van der Waals surface area (Å²) in [6.45, 7) is 3.00. The zero-order valence-corrected chi connectivity index (χ0v) is 12.4. The molecule has 1 atom stereocenters. The van der Waals surface area contributed by atoms with Gasteiger partial charge in [-0.1, -0.05) is 6.07 Å². The fourth-order valence-corrected chi connectivity index (χ4v) is 2.84. The van der Waals surface area contributed by atoms with E-state index in [2.05, 4.69) is 0 Å². The third-order valence-electron chi connectivity index (χ3n) is 3.97. The van der Waals surface area contributed by atoms with Crippen LogP contribution in [-0.4, -0.2) is 24.6 Å². The van der Waals surface area contributed by atoms with Gasteiger partial charge in [-0.3, -0.25) is 0 Å². The first kappa shape index (κ1) is 14.4. The van der Waals surface area contributed by atoms with Crippen molar-refractivity contribution in [1.82, 2.24) is 0 Å². The summed E-state index contributed by atoms with van der Waals surface area (Å²) < 4.78 is 17.6. The lowest BCUT2D eigenvalue weighted by molar-refractivity contribution is -0.105. The molecule has 0 aliphatic carbocycles. The second-order valence-electron chi connectivity index (χ2n) is 5.52. The molecular formula is C17H22O4. The molecule has 1 fully saturated rings. The molecule has 3 rings (SSSR count). The van der Waals surface area contributed by atoms with E-state index >= 15 is 0 Å². The maximum Gasteiger partial charge on any atom is 0.199 e. The summed E-state index contributed by atoms with van der Waals surface area (Å²) in [5, 5.41) is 10.0. The summed E-state index contributed by atoms with van der Waals surface area (Å²) in [7, 11) is 0. The molecule has 1 N–H and O–H groups in total. The van der Waals surface area contributed by atoms with Crippen LogP contribution in [-0.2, 0) is 11.2 Å².